The molecule has 0 bridgehead atoms. The number of fused-ring (bicyclic) bond motifs is 1. The fourth-order valence-corrected chi connectivity index (χ4v) is 1.77. The summed E-state index contributed by atoms with van der Waals surface area (Å²) in [6, 6.07) is 7.12. The van der Waals surface area contributed by atoms with Crippen LogP contribution in [-0.4, -0.2) is 11.7 Å². The molecule has 1 aliphatic rings. The fraction of sp³-hybridized carbons (Fsp3) is 0.333. The molecule has 0 radical (unpaired) electrons. The summed E-state index contributed by atoms with van der Waals surface area (Å²) >= 11 is 0. The van der Waals surface area contributed by atoms with Crippen molar-refractivity contribution in [3.05, 3.63) is 29.8 Å². The number of rotatable bonds is 1. The molecule has 1 atom stereocenters. The molecule has 1 aromatic rings. The molecule has 0 saturated heterocycles. The monoisotopic (exact) mass is 203 g/mol. The van der Waals surface area contributed by atoms with Gasteiger partial charge in [-0.05, 0) is 25.5 Å². The first-order valence-corrected chi connectivity index (χ1v) is 5.05. The highest BCUT2D eigenvalue weighted by molar-refractivity contribution is 6.23. The average Bonchev–Trinajstić information content (AvgIpc) is 2.26. The van der Waals surface area contributed by atoms with E-state index >= 15 is 0 Å². The van der Waals surface area contributed by atoms with Crippen LogP contribution >= 0.6 is 0 Å². The molecule has 2 rings (SSSR count). The molecule has 3 heteroatoms. The van der Waals surface area contributed by atoms with Gasteiger partial charge in [0.25, 0.3) is 0 Å². The molecule has 0 spiro atoms. The normalized spacial score (nSPS) is 24.7. The molecule has 1 heterocycles. The minimum absolute atomic E-state index is 0.0793. The van der Waals surface area contributed by atoms with E-state index in [9.17, 15) is 9.59 Å². The summed E-state index contributed by atoms with van der Waals surface area (Å²) in [5.74, 6) is -0.280. The third-order valence-electron chi connectivity index (χ3n) is 3.13. The number of nitrogens with one attached hydrogen (secondary N) is 1. The van der Waals surface area contributed by atoms with Crippen LogP contribution in [0.5, 0.6) is 0 Å². The van der Waals surface area contributed by atoms with Gasteiger partial charge in [-0.25, -0.2) is 0 Å². The van der Waals surface area contributed by atoms with Crippen molar-refractivity contribution >= 4 is 17.4 Å². The van der Waals surface area contributed by atoms with Gasteiger partial charge in [0.2, 0.25) is 5.91 Å². The van der Waals surface area contributed by atoms with Crippen LogP contribution in [0.1, 0.15) is 30.6 Å². The van der Waals surface area contributed by atoms with Crippen LogP contribution < -0.4 is 5.32 Å². The van der Waals surface area contributed by atoms with E-state index in [-0.39, 0.29) is 11.7 Å². The second-order valence-corrected chi connectivity index (χ2v) is 4.01. The maximum atomic E-state index is 12.1. The zero-order valence-electron chi connectivity index (χ0n) is 8.83. The van der Waals surface area contributed by atoms with Crippen molar-refractivity contribution < 1.29 is 9.59 Å². The van der Waals surface area contributed by atoms with Crippen molar-refractivity contribution in [2.75, 3.05) is 5.32 Å². The summed E-state index contributed by atoms with van der Waals surface area (Å²) < 4.78 is 0. The Labute approximate surface area is 88.5 Å². The minimum Gasteiger partial charge on any atom is -0.325 e. The Bertz CT molecular complexity index is 439. The Hall–Kier alpha value is -1.64. The minimum atomic E-state index is -0.908. The van der Waals surface area contributed by atoms with E-state index < -0.39 is 5.41 Å². The summed E-state index contributed by atoms with van der Waals surface area (Å²) in [6.45, 7) is 3.55. The Balaban J connectivity index is 2.57. The van der Waals surface area contributed by atoms with E-state index in [4.69, 9.17) is 0 Å². The SMILES string of the molecule is CCC1(C)C(=O)Nc2ccccc2C1=O. The summed E-state index contributed by atoms with van der Waals surface area (Å²) in [4.78, 5) is 23.9. The topological polar surface area (TPSA) is 46.2 Å². The highest BCUT2D eigenvalue weighted by atomic mass is 16.2. The van der Waals surface area contributed by atoms with Gasteiger partial charge in [-0.3, -0.25) is 9.59 Å². The summed E-state index contributed by atoms with van der Waals surface area (Å²) in [5, 5.41) is 2.77. The number of carbonyl (C=O) groups is 2. The molecule has 0 aliphatic carbocycles. The molecule has 0 aromatic heterocycles. The van der Waals surface area contributed by atoms with Crippen molar-refractivity contribution in [3.8, 4) is 0 Å². The number of benzene rings is 1. The van der Waals surface area contributed by atoms with E-state index in [1.165, 1.54) is 0 Å². The maximum Gasteiger partial charge on any atom is 0.238 e. The average molecular weight is 203 g/mol. The molecule has 0 fully saturated rings. The molecule has 15 heavy (non-hydrogen) atoms. The van der Waals surface area contributed by atoms with E-state index in [1.54, 1.807) is 25.1 Å². The summed E-state index contributed by atoms with van der Waals surface area (Å²) in [6.07, 6.45) is 0.520. The zero-order chi connectivity index (χ0) is 11.1. The maximum absolute atomic E-state index is 12.1. The lowest BCUT2D eigenvalue weighted by molar-refractivity contribution is -0.122. The predicted molar refractivity (Wildman–Crippen MR) is 57.8 cm³/mol. The van der Waals surface area contributed by atoms with Gasteiger partial charge in [0.05, 0.1) is 5.69 Å². The first kappa shape index (κ1) is 9.90. The van der Waals surface area contributed by atoms with Gasteiger partial charge in [0, 0.05) is 5.56 Å². The van der Waals surface area contributed by atoms with E-state index in [1.807, 2.05) is 13.0 Å². The van der Waals surface area contributed by atoms with E-state index in [2.05, 4.69) is 5.32 Å². The Morgan fingerprint density at radius 1 is 1.27 bits per heavy atom. The molecule has 1 unspecified atom stereocenters. The van der Waals surface area contributed by atoms with Gasteiger partial charge in [0.1, 0.15) is 5.41 Å². The molecule has 0 saturated carbocycles. The molecule has 1 aliphatic heterocycles. The van der Waals surface area contributed by atoms with Gasteiger partial charge < -0.3 is 5.32 Å². The van der Waals surface area contributed by atoms with Crippen LogP contribution in [-0.2, 0) is 4.79 Å². The standard InChI is InChI=1S/C12H13NO2/c1-3-12(2)10(14)8-6-4-5-7-9(8)13-11(12)15/h4-7H,3H2,1-2H3,(H,13,15). The number of hydrogen-bond acceptors (Lipinski definition) is 2. The van der Waals surface area contributed by atoms with E-state index in [0.29, 0.717) is 17.7 Å². The van der Waals surface area contributed by atoms with Gasteiger partial charge >= 0.3 is 0 Å². The molecule has 1 aromatic carbocycles. The number of Topliss-reactive ketones (excluding diaryl/α,β-unsaturated/α-hetero) is 1. The second kappa shape index (κ2) is 3.19. The predicted octanol–water partition coefficient (Wildman–Crippen LogP) is 2.24. The van der Waals surface area contributed by atoms with Crippen molar-refractivity contribution in [1.82, 2.24) is 0 Å². The molecule has 1 amide bonds. The molecule has 78 valence electrons. The van der Waals surface area contributed by atoms with Gasteiger partial charge in [-0.15, -0.1) is 0 Å². The number of carbonyl (C=O) groups excluding carboxylic acids is 2. The first-order valence-electron chi connectivity index (χ1n) is 5.05. The van der Waals surface area contributed by atoms with Gasteiger partial charge in [0.15, 0.2) is 5.78 Å². The van der Waals surface area contributed by atoms with Crippen LogP contribution in [0.15, 0.2) is 24.3 Å². The second-order valence-electron chi connectivity index (χ2n) is 4.01. The van der Waals surface area contributed by atoms with Crippen molar-refractivity contribution in [2.45, 2.75) is 20.3 Å². The van der Waals surface area contributed by atoms with Crippen molar-refractivity contribution in [1.29, 1.82) is 0 Å². The molecule has 3 nitrogen and oxygen atoms in total. The van der Waals surface area contributed by atoms with Crippen LogP contribution in [0.3, 0.4) is 0 Å². The molecular weight excluding hydrogens is 190 g/mol. The number of anilines is 1. The van der Waals surface area contributed by atoms with Crippen LogP contribution in [0.2, 0.25) is 0 Å². The lowest BCUT2D eigenvalue weighted by Crippen LogP contribution is -2.44. The number of amides is 1. The quantitative estimate of drug-likeness (QED) is 0.711. The van der Waals surface area contributed by atoms with Crippen LogP contribution in [0, 0.1) is 5.41 Å². The number of ketones is 1. The molecule has 1 N–H and O–H groups in total. The highest BCUT2D eigenvalue weighted by Gasteiger charge is 2.43. The fourth-order valence-electron chi connectivity index (χ4n) is 1.77. The van der Waals surface area contributed by atoms with Gasteiger partial charge in [-0.2, -0.15) is 0 Å². The third kappa shape index (κ3) is 1.27. The summed E-state index contributed by atoms with van der Waals surface area (Å²) in [7, 11) is 0. The zero-order valence-corrected chi connectivity index (χ0v) is 8.83. The summed E-state index contributed by atoms with van der Waals surface area (Å²) in [5.41, 5.74) is 0.328. The van der Waals surface area contributed by atoms with Crippen LogP contribution in [0.25, 0.3) is 0 Å². The van der Waals surface area contributed by atoms with Gasteiger partial charge in [-0.1, -0.05) is 19.1 Å². The third-order valence-corrected chi connectivity index (χ3v) is 3.13. The lowest BCUT2D eigenvalue weighted by atomic mass is 9.76. The van der Waals surface area contributed by atoms with E-state index in [0.717, 1.165) is 0 Å². The Kier molecular flexibility index (Phi) is 2.11. The number of hydrogen-bond donors (Lipinski definition) is 1. The smallest absolute Gasteiger partial charge is 0.238 e. The lowest BCUT2D eigenvalue weighted by Gasteiger charge is -2.31. The first-order chi connectivity index (χ1) is 7.09. The largest absolute Gasteiger partial charge is 0.325 e. The number of para-hydroxylation sites is 1. The molecular formula is C12H13NO2. The van der Waals surface area contributed by atoms with Crippen molar-refractivity contribution in [3.63, 3.8) is 0 Å². The highest BCUT2D eigenvalue weighted by Crippen LogP contribution is 2.35. The van der Waals surface area contributed by atoms with Crippen LogP contribution in [0.4, 0.5) is 5.69 Å². The van der Waals surface area contributed by atoms with Crippen molar-refractivity contribution in [2.24, 2.45) is 5.41 Å². The Morgan fingerprint density at radius 2 is 1.93 bits per heavy atom. The Morgan fingerprint density at radius 3 is 2.60 bits per heavy atom.